The number of ether oxygens (including phenoxy) is 2. The Labute approximate surface area is 102 Å². The van der Waals surface area contributed by atoms with Gasteiger partial charge in [0, 0.05) is 18.8 Å². The minimum absolute atomic E-state index is 0.326. The number of nitrogens with two attached hydrogens (primary N) is 1. The predicted molar refractivity (Wildman–Crippen MR) is 65.1 cm³/mol. The summed E-state index contributed by atoms with van der Waals surface area (Å²) in [7, 11) is 0. The van der Waals surface area contributed by atoms with Crippen molar-refractivity contribution in [3.63, 3.8) is 0 Å². The van der Waals surface area contributed by atoms with Crippen LogP contribution in [0.1, 0.15) is 31.0 Å². The average molecular weight is 241 g/mol. The Morgan fingerprint density at radius 3 is 2.35 bits per heavy atom. The van der Waals surface area contributed by atoms with Crippen molar-refractivity contribution in [2.45, 2.75) is 33.1 Å². The Kier molecular flexibility index (Phi) is 5.55. The third kappa shape index (κ3) is 3.77. The van der Waals surface area contributed by atoms with E-state index in [1.807, 2.05) is 20.8 Å². The van der Waals surface area contributed by atoms with E-state index in [0.717, 1.165) is 5.56 Å². The standard InChI is InChI=1S/C13H20FNO2/c1-4-16-13(17-5-2)12(15)10-8-9(3)6-7-11(10)14/h6-8,12-13H,4-5,15H2,1-3H3. The van der Waals surface area contributed by atoms with E-state index in [9.17, 15) is 4.39 Å². The monoisotopic (exact) mass is 241 g/mol. The first-order valence-electron chi connectivity index (χ1n) is 5.85. The zero-order valence-corrected chi connectivity index (χ0v) is 10.6. The Hall–Kier alpha value is -0.970. The van der Waals surface area contributed by atoms with Gasteiger partial charge in [0.25, 0.3) is 0 Å². The van der Waals surface area contributed by atoms with Gasteiger partial charge < -0.3 is 15.2 Å². The Morgan fingerprint density at radius 2 is 1.82 bits per heavy atom. The highest BCUT2D eigenvalue weighted by Gasteiger charge is 2.22. The summed E-state index contributed by atoms with van der Waals surface area (Å²) in [5.41, 5.74) is 7.38. The van der Waals surface area contributed by atoms with E-state index >= 15 is 0 Å². The van der Waals surface area contributed by atoms with Crippen LogP contribution in [0.2, 0.25) is 0 Å². The van der Waals surface area contributed by atoms with Crippen LogP contribution in [0.5, 0.6) is 0 Å². The first-order valence-corrected chi connectivity index (χ1v) is 5.85. The van der Waals surface area contributed by atoms with Crippen LogP contribution in [0, 0.1) is 12.7 Å². The zero-order chi connectivity index (χ0) is 12.8. The minimum Gasteiger partial charge on any atom is -0.351 e. The van der Waals surface area contributed by atoms with Crippen molar-refractivity contribution >= 4 is 0 Å². The highest BCUT2D eigenvalue weighted by molar-refractivity contribution is 5.27. The van der Waals surface area contributed by atoms with Gasteiger partial charge in [-0.25, -0.2) is 4.39 Å². The molecule has 1 rings (SSSR count). The summed E-state index contributed by atoms with van der Waals surface area (Å²) in [6, 6.07) is 4.24. The topological polar surface area (TPSA) is 44.5 Å². The largest absolute Gasteiger partial charge is 0.351 e. The molecule has 0 spiro atoms. The molecule has 1 aromatic rings. The number of benzene rings is 1. The first kappa shape index (κ1) is 14.1. The van der Waals surface area contributed by atoms with Gasteiger partial charge in [-0.15, -0.1) is 0 Å². The molecule has 0 heterocycles. The van der Waals surface area contributed by atoms with E-state index in [1.165, 1.54) is 6.07 Å². The maximum atomic E-state index is 13.7. The van der Waals surface area contributed by atoms with Gasteiger partial charge in [-0.2, -0.15) is 0 Å². The van der Waals surface area contributed by atoms with E-state index in [-0.39, 0.29) is 5.82 Å². The van der Waals surface area contributed by atoms with Crippen molar-refractivity contribution in [1.82, 2.24) is 0 Å². The van der Waals surface area contributed by atoms with E-state index in [1.54, 1.807) is 12.1 Å². The summed E-state index contributed by atoms with van der Waals surface area (Å²) in [6.45, 7) is 6.56. The molecule has 1 aromatic carbocycles. The van der Waals surface area contributed by atoms with Crippen molar-refractivity contribution in [1.29, 1.82) is 0 Å². The third-order valence-electron chi connectivity index (χ3n) is 2.47. The molecule has 1 unspecified atom stereocenters. The van der Waals surface area contributed by atoms with Gasteiger partial charge in [-0.3, -0.25) is 0 Å². The molecule has 96 valence electrons. The number of rotatable bonds is 6. The Balaban J connectivity index is 2.91. The maximum Gasteiger partial charge on any atom is 0.176 e. The van der Waals surface area contributed by atoms with Gasteiger partial charge in [0.1, 0.15) is 5.82 Å². The summed E-state index contributed by atoms with van der Waals surface area (Å²) in [5.74, 6) is -0.326. The summed E-state index contributed by atoms with van der Waals surface area (Å²) in [4.78, 5) is 0. The molecule has 0 saturated heterocycles. The second-order valence-corrected chi connectivity index (χ2v) is 3.83. The van der Waals surface area contributed by atoms with Gasteiger partial charge in [0.2, 0.25) is 0 Å². The molecule has 3 nitrogen and oxygen atoms in total. The van der Waals surface area contributed by atoms with Gasteiger partial charge in [-0.1, -0.05) is 17.7 Å². The molecule has 0 aromatic heterocycles. The van der Waals surface area contributed by atoms with Crippen LogP contribution in [0.25, 0.3) is 0 Å². The summed E-state index contributed by atoms with van der Waals surface area (Å²) >= 11 is 0. The number of aryl methyl sites for hydroxylation is 1. The fourth-order valence-electron chi connectivity index (χ4n) is 1.65. The van der Waals surface area contributed by atoms with Crippen molar-refractivity contribution in [3.8, 4) is 0 Å². The molecule has 0 aliphatic heterocycles. The van der Waals surface area contributed by atoms with Gasteiger partial charge in [0.15, 0.2) is 6.29 Å². The molecule has 0 bridgehead atoms. The lowest BCUT2D eigenvalue weighted by Gasteiger charge is -2.24. The lowest BCUT2D eigenvalue weighted by molar-refractivity contribution is -0.149. The number of halogens is 1. The maximum absolute atomic E-state index is 13.7. The second kappa shape index (κ2) is 6.69. The lowest BCUT2D eigenvalue weighted by Crippen LogP contribution is -2.32. The minimum atomic E-state index is -0.616. The van der Waals surface area contributed by atoms with E-state index in [0.29, 0.717) is 18.8 Å². The van der Waals surface area contributed by atoms with Gasteiger partial charge >= 0.3 is 0 Å². The summed E-state index contributed by atoms with van der Waals surface area (Å²) in [5, 5.41) is 0. The van der Waals surface area contributed by atoms with E-state index in [2.05, 4.69) is 0 Å². The quantitative estimate of drug-likeness (QED) is 0.778. The van der Waals surface area contributed by atoms with Crippen LogP contribution >= 0.6 is 0 Å². The van der Waals surface area contributed by atoms with Crippen LogP contribution in [0.3, 0.4) is 0 Å². The van der Waals surface area contributed by atoms with E-state index < -0.39 is 12.3 Å². The van der Waals surface area contributed by atoms with Gasteiger partial charge in [0.05, 0.1) is 6.04 Å². The van der Waals surface area contributed by atoms with Crippen LogP contribution in [0.15, 0.2) is 18.2 Å². The fraction of sp³-hybridized carbons (Fsp3) is 0.538. The van der Waals surface area contributed by atoms with Crippen molar-refractivity contribution in [2.75, 3.05) is 13.2 Å². The molecule has 0 aliphatic carbocycles. The molecule has 0 amide bonds. The predicted octanol–water partition coefficient (Wildman–Crippen LogP) is 2.53. The third-order valence-corrected chi connectivity index (χ3v) is 2.47. The zero-order valence-electron chi connectivity index (χ0n) is 10.6. The molecule has 17 heavy (non-hydrogen) atoms. The lowest BCUT2D eigenvalue weighted by atomic mass is 10.0. The Morgan fingerprint density at radius 1 is 1.24 bits per heavy atom. The SMILES string of the molecule is CCOC(OCC)C(N)c1cc(C)ccc1F. The van der Waals surface area contributed by atoms with Crippen LogP contribution in [0.4, 0.5) is 4.39 Å². The molecule has 2 N–H and O–H groups in total. The number of hydrogen-bond donors (Lipinski definition) is 1. The summed E-state index contributed by atoms with van der Waals surface area (Å²) in [6.07, 6.45) is -0.610. The van der Waals surface area contributed by atoms with Crippen molar-refractivity contribution < 1.29 is 13.9 Å². The van der Waals surface area contributed by atoms with Gasteiger partial charge in [-0.05, 0) is 26.8 Å². The normalized spacial score (nSPS) is 13.1. The van der Waals surface area contributed by atoms with Crippen molar-refractivity contribution in [3.05, 3.63) is 35.1 Å². The van der Waals surface area contributed by atoms with Crippen LogP contribution in [-0.4, -0.2) is 19.5 Å². The average Bonchev–Trinajstić information content (AvgIpc) is 2.31. The molecule has 0 saturated carbocycles. The molecule has 0 aliphatic rings. The summed E-state index contributed by atoms with van der Waals surface area (Å²) < 4.78 is 24.4. The molecule has 0 radical (unpaired) electrons. The molecule has 1 atom stereocenters. The Bertz CT molecular complexity index is 351. The van der Waals surface area contributed by atoms with Crippen LogP contribution in [-0.2, 0) is 9.47 Å². The molecular formula is C13H20FNO2. The highest BCUT2D eigenvalue weighted by Crippen LogP contribution is 2.22. The highest BCUT2D eigenvalue weighted by atomic mass is 19.1. The van der Waals surface area contributed by atoms with Crippen molar-refractivity contribution in [2.24, 2.45) is 5.73 Å². The number of hydrogen-bond acceptors (Lipinski definition) is 3. The second-order valence-electron chi connectivity index (χ2n) is 3.83. The fourth-order valence-corrected chi connectivity index (χ4v) is 1.65. The molecule has 4 heteroatoms. The first-order chi connectivity index (χ1) is 8.10. The van der Waals surface area contributed by atoms with E-state index in [4.69, 9.17) is 15.2 Å². The van der Waals surface area contributed by atoms with Crippen LogP contribution < -0.4 is 5.73 Å². The molecular weight excluding hydrogens is 221 g/mol. The smallest absolute Gasteiger partial charge is 0.176 e. The molecule has 0 fully saturated rings.